The standard InChI is InChI=1S/C13H14N4O4/c1-9-14-12(17(19)20)7-16(9)8-13(18)15-10-5-3-4-6-11(10)21-2/h3-7H,8H2,1-2H3,(H,15,18). The lowest BCUT2D eigenvalue weighted by Crippen LogP contribution is -2.19. The normalized spacial score (nSPS) is 10.2. The van der Waals surface area contributed by atoms with E-state index in [-0.39, 0.29) is 18.3 Å². The number of anilines is 1. The summed E-state index contributed by atoms with van der Waals surface area (Å²) in [5.41, 5.74) is 0.539. The first kappa shape index (κ1) is 14.5. The predicted octanol–water partition coefficient (Wildman–Crippen LogP) is 1.75. The lowest BCUT2D eigenvalue weighted by molar-refractivity contribution is -0.389. The van der Waals surface area contributed by atoms with Crippen LogP contribution in [0.5, 0.6) is 5.75 Å². The molecule has 0 unspecified atom stereocenters. The van der Waals surface area contributed by atoms with E-state index in [1.807, 2.05) is 0 Å². The fourth-order valence-electron chi connectivity index (χ4n) is 1.83. The predicted molar refractivity (Wildman–Crippen MR) is 75.2 cm³/mol. The van der Waals surface area contributed by atoms with Crippen molar-refractivity contribution in [3.8, 4) is 5.75 Å². The van der Waals surface area contributed by atoms with Crippen LogP contribution in [0.2, 0.25) is 0 Å². The second kappa shape index (κ2) is 6.04. The molecular weight excluding hydrogens is 276 g/mol. The van der Waals surface area contributed by atoms with Crippen LogP contribution in [0.15, 0.2) is 30.5 Å². The Morgan fingerprint density at radius 2 is 2.19 bits per heavy atom. The number of carbonyl (C=O) groups is 1. The zero-order chi connectivity index (χ0) is 15.4. The molecule has 0 saturated carbocycles. The number of methoxy groups -OCH3 is 1. The van der Waals surface area contributed by atoms with Crippen molar-refractivity contribution in [1.82, 2.24) is 9.55 Å². The Kier molecular flexibility index (Phi) is 4.17. The number of rotatable bonds is 5. The number of amides is 1. The molecular formula is C13H14N4O4. The van der Waals surface area contributed by atoms with Crippen LogP contribution in [0, 0.1) is 17.0 Å². The first-order chi connectivity index (χ1) is 10.0. The number of nitrogens with zero attached hydrogens (tertiary/aromatic N) is 3. The summed E-state index contributed by atoms with van der Waals surface area (Å²) in [4.78, 5) is 25.8. The summed E-state index contributed by atoms with van der Waals surface area (Å²) in [6.45, 7) is 1.54. The molecule has 0 aliphatic rings. The summed E-state index contributed by atoms with van der Waals surface area (Å²) in [5, 5.41) is 13.3. The van der Waals surface area contributed by atoms with Gasteiger partial charge in [-0.2, -0.15) is 0 Å². The molecule has 8 heteroatoms. The molecule has 2 rings (SSSR count). The smallest absolute Gasteiger partial charge is 0.381 e. The molecule has 0 aliphatic heterocycles. The van der Waals surface area contributed by atoms with E-state index in [0.29, 0.717) is 17.3 Å². The van der Waals surface area contributed by atoms with Crippen molar-refractivity contribution in [3.63, 3.8) is 0 Å². The van der Waals surface area contributed by atoms with Crippen LogP contribution in [0.1, 0.15) is 5.82 Å². The highest BCUT2D eigenvalue weighted by Crippen LogP contribution is 2.23. The maximum atomic E-state index is 12.0. The van der Waals surface area contributed by atoms with E-state index in [0.717, 1.165) is 0 Å². The first-order valence-corrected chi connectivity index (χ1v) is 6.12. The van der Waals surface area contributed by atoms with Gasteiger partial charge in [0.05, 0.1) is 12.8 Å². The minimum absolute atomic E-state index is 0.0648. The number of imidazole rings is 1. The van der Waals surface area contributed by atoms with E-state index in [2.05, 4.69) is 10.3 Å². The summed E-state index contributed by atoms with van der Waals surface area (Å²) < 4.78 is 6.55. The van der Waals surface area contributed by atoms with Crippen LogP contribution in [0.4, 0.5) is 11.5 Å². The Bertz CT molecular complexity index is 681. The van der Waals surface area contributed by atoms with Crippen molar-refractivity contribution < 1.29 is 14.5 Å². The molecule has 2 aromatic rings. The highest BCUT2D eigenvalue weighted by atomic mass is 16.6. The van der Waals surface area contributed by atoms with Gasteiger partial charge >= 0.3 is 5.82 Å². The van der Waals surface area contributed by atoms with Crippen LogP contribution in [0.25, 0.3) is 0 Å². The van der Waals surface area contributed by atoms with Crippen LogP contribution >= 0.6 is 0 Å². The zero-order valence-corrected chi connectivity index (χ0v) is 11.6. The average molecular weight is 290 g/mol. The molecule has 0 fully saturated rings. The Labute approximate surface area is 120 Å². The monoisotopic (exact) mass is 290 g/mol. The summed E-state index contributed by atoms with van der Waals surface area (Å²) >= 11 is 0. The van der Waals surface area contributed by atoms with Gasteiger partial charge in [-0.25, -0.2) is 0 Å². The molecule has 110 valence electrons. The fraction of sp³-hybridized carbons (Fsp3) is 0.231. The van der Waals surface area contributed by atoms with Gasteiger partial charge in [-0.05, 0) is 22.0 Å². The van der Waals surface area contributed by atoms with Crippen LogP contribution in [0.3, 0.4) is 0 Å². The van der Waals surface area contributed by atoms with Crippen LogP contribution in [-0.4, -0.2) is 27.5 Å². The lowest BCUT2D eigenvalue weighted by atomic mass is 10.3. The van der Waals surface area contributed by atoms with Crippen molar-refractivity contribution >= 4 is 17.4 Å². The van der Waals surface area contributed by atoms with E-state index < -0.39 is 4.92 Å². The summed E-state index contributed by atoms with van der Waals surface area (Å²) in [6, 6.07) is 6.99. The number of carbonyl (C=O) groups excluding carboxylic acids is 1. The third-order valence-corrected chi connectivity index (χ3v) is 2.85. The molecule has 0 atom stereocenters. The van der Waals surface area contributed by atoms with Crippen molar-refractivity contribution in [2.24, 2.45) is 0 Å². The second-order valence-corrected chi connectivity index (χ2v) is 4.28. The van der Waals surface area contributed by atoms with Crippen LogP contribution in [-0.2, 0) is 11.3 Å². The minimum atomic E-state index is -0.596. The van der Waals surface area contributed by atoms with E-state index in [1.165, 1.54) is 17.9 Å². The Morgan fingerprint density at radius 3 is 2.81 bits per heavy atom. The second-order valence-electron chi connectivity index (χ2n) is 4.28. The third kappa shape index (κ3) is 3.35. The average Bonchev–Trinajstić information content (AvgIpc) is 2.81. The van der Waals surface area contributed by atoms with E-state index in [9.17, 15) is 14.9 Å². The number of hydrogen-bond acceptors (Lipinski definition) is 5. The Hall–Kier alpha value is -2.90. The van der Waals surface area contributed by atoms with Gasteiger partial charge in [0.1, 0.15) is 18.5 Å². The zero-order valence-electron chi connectivity index (χ0n) is 11.6. The number of hydrogen-bond donors (Lipinski definition) is 1. The number of aryl methyl sites for hydroxylation is 1. The van der Waals surface area contributed by atoms with E-state index in [1.54, 1.807) is 31.2 Å². The number of benzene rings is 1. The van der Waals surface area contributed by atoms with Crippen LogP contribution < -0.4 is 10.1 Å². The maximum absolute atomic E-state index is 12.0. The number of aromatic nitrogens is 2. The molecule has 0 aliphatic carbocycles. The first-order valence-electron chi connectivity index (χ1n) is 6.12. The molecule has 21 heavy (non-hydrogen) atoms. The minimum Gasteiger partial charge on any atom is -0.495 e. The van der Waals surface area contributed by atoms with Gasteiger partial charge in [0.25, 0.3) is 0 Å². The summed E-state index contributed by atoms with van der Waals surface area (Å²) in [7, 11) is 1.51. The quantitative estimate of drug-likeness (QED) is 0.668. The highest BCUT2D eigenvalue weighted by molar-refractivity contribution is 5.92. The topological polar surface area (TPSA) is 99.3 Å². The van der Waals surface area contributed by atoms with Gasteiger partial charge in [-0.1, -0.05) is 12.1 Å². The molecule has 1 aromatic heterocycles. The van der Waals surface area contributed by atoms with Gasteiger partial charge in [-0.15, -0.1) is 0 Å². The summed E-state index contributed by atoms with van der Waals surface area (Å²) in [5.74, 6) is 0.337. The van der Waals surface area contributed by atoms with E-state index >= 15 is 0 Å². The van der Waals surface area contributed by atoms with Crippen molar-refractivity contribution in [2.45, 2.75) is 13.5 Å². The lowest BCUT2D eigenvalue weighted by Gasteiger charge is -2.09. The largest absolute Gasteiger partial charge is 0.495 e. The highest BCUT2D eigenvalue weighted by Gasteiger charge is 2.17. The molecule has 1 heterocycles. The van der Waals surface area contributed by atoms with Gasteiger partial charge in [0, 0.05) is 6.92 Å². The molecule has 8 nitrogen and oxygen atoms in total. The van der Waals surface area contributed by atoms with Gasteiger partial charge in [0.15, 0.2) is 0 Å². The Morgan fingerprint density at radius 1 is 1.48 bits per heavy atom. The number of ether oxygens (including phenoxy) is 1. The molecule has 0 spiro atoms. The number of nitrogens with one attached hydrogen (secondary N) is 1. The molecule has 0 bridgehead atoms. The molecule has 1 aromatic carbocycles. The maximum Gasteiger partial charge on any atom is 0.381 e. The van der Waals surface area contributed by atoms with Gasteiger partial charge in [-0.3, -0.25) is 9.36 Å². The molecule has 0 radical (unpaired) electrons. The summed E-state index contributed by atoms with van der Waals surface area (Å²) in [6.07, 6.45) is 1.23. The Balaban J connectivity index is 2.10. The van der Waals surface area contributed by atoms with Crippen molar-refractivity contribution in [1.29, 1.82) is 0 Å². The third-order valence-electron chi connectivity index (χ3n) is 2.85. The number of nitro groups is 1. The number of para-hydroxylation sites is 2. The van der Waals surface area contributed by atoms with Crippen molar-refractivity contribution in [3.05, 3.63) is 46.4 Å². The molecule has 1 N–H and O–H groups in total. The molecule has 0 saturated heterocycles. The van der Waals surface area contributed by atoms with Gasteiger partial charge in [0.2, 0.25) is 11.7 Å². The SMILES string of the molecule is COc1ccccc1NC(=O)Cn1cc([N+](=O)[O-])nc1C. The molecule has 1 amide bonds. The van der Waals surface area contributed by atoms with E-state index in [4.69, 9.17) is 4.74 Å². The van der Waals surface area contributed by atoms with Gasteiger partial charge < -0.3 is 20.2 Å². The fourth-order valence-corrected chi connectivity index (χ4v) is 1.83. The van der Waals surface area contributed by atoms with Crippen molar-refractivity contribution in [2.75, 3.05) is 12.4 Å².